The van der Waals surface area contributed by atoms with Crippen molar-refractivity contribution < 1.29 is 9.50 Å². The van der Waals surface area contributed by atoms with Crippen molar-refractivity contribution in [3.8, 4) is 0 Å². The Morgan fingerprint density at radius 3 is 2.78 bits per heavy atom. The number of rotatable bonds is 4. The molecule has 1 aromatic carbocycles. The van der Waals surface area contributed by atoms with E-state index in [0.29, 0.717) is 18.6 Å². The van der Waals surface area contributed by atoms with Gasteiger partial charge in [-0.15, -0.1) is 0 Å². The Hall–Kier alpha value is -0.930. The molecule has 0 unspecified atom stereocenters. The zero-order chi connectivity index (χ0) is 13.0. The number of likely N-dealkylation sites (tertiary alicyclic amines) is 1. The highest BCUT2D eigenvalue weighted by molar-refractivity contribution is 5.17. The fourth-order valence-electron chi connectivity index (χ4n) is 2.74. The van der Waals surface area contributed by atoms with Gasteiger partial charge in [-0.1, -0.05) is 12.1 Å². The molecular formula is C15H22FNO. The molecule has 3 heteroatoms. The molecule has 1 aliphatic heterocycles. The largest absolute Gasteiger partial charge is 0.396 e. The lowest BCUT2D eigenvalue weighted by atomic mass is 9.96. The van der Waals surface area contributed by atoms with Gasteiger partial charge in [0.1, 0.15) is 5.82 Å². The van der Waals surface area contributed by atoms with E-state index in [9.17, 15) is 9.50 Å². The van der Waals surface area contributed by atoms with Crippen LogP contribution in [-0.2, 0) is 6.42 Å². The van der Waals surface area contributed by atoms with Gasteiger partial charge >= 0.3 is 0 Å². The van der Waals surface area contributed by atoms with Crippen LogP contribution in [0.25, 0.3) is 0 Å². The van der Waals surface area contributed by atoms with Gasteiger partial charge in [0.15, 0.2) is 0 Å². The minimum atomic E-state index is -0.176. The van der Waals surface area contributed by atoms with E-state index in [1.54, 1.807) is 0 Å². The van der Waals surface area contributed by atoms with Crippen molar-refractivity contribution >= 4 is 0 Å². The van der Waals surface area contributed by atoms with Gasteiger partial charge in [-0.05, 0) is 56.3 Å². The molecule has 2 rings (SSSR count). The van der Waals surface area contributed by atoms with Gasteiger partial charge in [-0.25, -0.2) is 4.39 Å². The SMILES string of the molecule is C[C@@H](Cc1ccc(F)cc1)N1CCC[C@@H](CO)C1. The van der Waals surface area contributed by atoms with Crippen LogP contribution in [0.1, 0.15) is 25.3 Å². The molecule has 0 radical (unpaired) electrons. The average Bonchev–Trinajstić information content (AvgIpc) is 2.41. The molecule has 100 valence electrons. The zero-order valence-electron chi connectivity index (χ0n) is 11.0. The van der Waals surface area contributed by atoms with Crippen molar-refractivity contribution in [2.24, 2.45) is 5.92 Å². The topological polar surface area (TPSA) is 23.5 Å². The summed E-state index contributed by atoms with van der Waals surface area (Å²) in [4.78, 5) is 2.44. The number of aliphatic hydroxyl groups excluding tert-OH is 1. The number of aliphatic hydroxyl groups is 1. The van der Waals surface area contributed by atoms with Crippen LogP contribution >= 0.6 is 0 Å². The molecular weight excluding hydrogens is 229 g/mol. The number of nitrogens with zero attached hydrogens (tertiary/aromatic N) is 1. The zero-order valence-corrected chi connectivity index (χ0v) is 11.0. The fraction of sp³-hybridized carbons (Fsp3) is 0.600. The Kier molecular flexibility index (Phi) is 4.72. The molecule has 0 aliphatic carbocycles. The summed E-state index contributed by atoms with van der Waals surface area (Å²) in [6.45, 7) is 4.60. The third-order valence-corrected chi connectivity index (χ3v) is 3.88. The number of piperidine rings is 1. The van der Waals surface area contributed by atoms with Crippen molar-refractivity contribution in [1.29, 1.82) is 0 Å². The van der Waals surface area contributed by atoms with Crippen LogP contribution < -0.4 is 0 Å². The van der Waals surface area contributed by atoms with E-state index in [2.05, 4.69) is 11.8 Å². The van der Waals surface area contributed by atoms with Gasteiger partial charge in [0, 0.05) is 19.2 Å². The summed E-state index contributed by atoms with van der Waals surface area (Å²) >= 11 is 0. The summed E-state index contributed by atoms with van der Waals surface area (Å²) in [6, 6.07) is 7.21. The van der Waals surface area contributed by atoms with Crippen LogP contribution in [0.5, 0.6) is 0 Å². The molecule has 0 amide bonds. The molecule has 0 bridgehead atoms. The Labute approximate surface area is 108 Å². The highest BCUT2D eigenvalue weighted by Crippen LogP contribution is 2.19. The van der Waals surface area contributed by atoms with Crippen LogP contribution in [0.2, 0.25) is 0 Å². The maximum atomic E-state index is 12.8. The second-order valence-corrected chi connectivity index (χ2v) is 5.37. The third kappa shape index (κ3) is 3.53. The molecule has 1 fully saturated rings. The summed E-state index contributed by atoms with van der Waals surface area (Å²) in [7, 11) is 0. The van der Waals surface area contributed by atoms with E-state index in [1.165, 1.54) is 24.1 Å². The lowest BCUT2D eigenvalue weighted by Crippen LogP contribution is -2.43. The molecule has 0 saturated carbocycles. The fourth-order valence-corrected chi connectivity index (χ4v) is 2.74. The van der Waals surface area contributed by atoms with E-state index < -0.39 is 0 Å². The van der Waals surface area contributed by atoms with Crippen molar-refractivity contribution in [2.45, 2.75) is 32.2 Å². The number of hydrogen-bond donors (Lipinski definition) is 1. The molecule has 1 saturated heterocycles. The summed E-state index contributed by atoms with van der Waals surface area (Å²) in [6.07, 6.45) is 3.24. The minimum absolute atomic E-state index is 0.176. The normalized spacial score (nSPS) is 22.9. The lowest BCUT2D eigenvalue weighted by Gasteiger charge is -2.36. The Morgan fingerprint density at radius 2 is 2.11 bits per heavy atom. The molecule has 1 heterocycles. The van der Waals surface area contributed by atoms with E-state index in [1.807, 2.05) is 12.1 Å². The van der Waals surface area contributed by atoms with Crippen LogP contribution in [-0.4, -0.2) is 35.7 Å². The predicted molar refractivity (Wildman–Crippen MR) is 70.9 cm³/mol. The van der Waals surface area contributed by atoms with Crippen molar-refractivity contribution in [1.82, 2.24) is 4.90 Å². The molecule has 1 N–H and O–H groups in total. The van der Waals surface area contributed by atoms with Crippen LogP contribution in [0.4, 0.5) is 4.39 Å². The first-order valence-electron chi connectivity index (χ1n) is 6.78. The van der Waals surface area contributed by atoms with E-state index >= 15 is 0 Å². The molecule has 2 atom stereocenters. The van der Waals surface area contributed by atoms with Crippen LogP contribution in [0.15, 0.2) is 24.3 Å². The summed E-state index contributed by atoms with van der Waals surface area (Å²) < 4.78 is 12.8. The number of halogens is 1. The van der Waals surface area contributed by atoms with Gasteiger partial charge in [-0.3, -0.25) is 4.90 Å². The molecule has 2 nitrogen and oxygen atoms in total. The second-order valence-electron chi connectivity index (χ2n) is 5.37. The molecule has 18 heavy (non-hydrogen) atoms. The molecule has 0 spiro atoms. The van der Waals surface area contributed by atoms with Crippen molar-refractivity contribution in [2.75, 3.05) is 19.7 Å². The monoisotopic (exact) mass is 251 g/mol. The smallest absolute Gasteiger partial charge is 0.123 e. The second kappa shape index (κ2) is 6.30. The van der Waals surface area contributed by atoms with Gasteiger partial charge < -0.3 is 5.11 Å². The lowest BCUT2D eigenvalue weighted by molar-refractivity contribution is 0.0935. The first kappa shape index (κ1) is 13.5. The summed E-state index contributed by atoms with van der Waals surface area (Å²) in [5.74, 6) is 0.249. The first-order valence-corrected chi connectivity index (χ1v) is 6.78. The minimum Gasteiger partial charge on any atom is -0.396 e. The third-order valence-electron chi connectivity index (χ3n) is 3.88. The summed E-state index contributed by atoms with van der Waals surface area (Å²) in [5, 5.41) is 9.24. The highest BCUT2D eigenvalue weighted by Gasteiger charge is 2.22. The highest BCUT2D eigenvalue weighted by atomic mass is 19.1. The molecule has 0 aromatic heterocycles. The maximum absolute atomic E-state index is 12.8. The number of hydrogen-bond acceptors (Lipinski definition) is 2. The van der Waals surface area contributed by atoms with Crippen molar-refractivity contribution in [3.05, 3.63) is 35.6 Å². The first-order chi connectivity index (χ1) is 8.69. The quantitative estimate of drug-likeness (QED) is 0.888. The number of benzene rings is 1. The Balaban J connectivity index is 1.90. The van der Waals surface area contributed by atoms with Crippen LogP contribution in [0, 0.1) is 11.7 Å². The predicted octanol–water partition coefficient (Wildman–Crippen LogP) is 2.46. The summed E-state index contributed by atoms with van der Waals surface area (Å²) in [5.41, 5.74) is 1.18. The van der Waals surface area contributed by atoms with Gasteiger partial charge in [-0.2, -0.15) is 0 Å². The van der Waals surface area contributed by atoms with Crippen molar-refractivity contribution in [3.63, 3.8) is 0 Å². The molecule has 1 aromatic rings. The van der Waals surface area contributed by atoms with Gasteiger partial charge in [0.05, 0.1) is 0 Å². The van der Waals surface area contributed by atoms with E-state index in [0.717, 1.165) is 25.9 Å². The van der Waals surface area contributed by atoms with E-state index in [4.69, 9.17) is 0 Å². The maximum Gasteiger partial charge on any atom is 0.123 e. The van der Waals surface area contributed by atoms with Gasteiger partial charge in [0.2, 0.25) is 0 Å². The Morgan fingerprint density at radius 1 is 1.39 bits per heavy atom. The standard InChI is InChI=1S/C15H22FNO/c1-12(9-13-4-6-15(16)7-5-13)17-8-2-3-14(10-17)11-18/h4-7,12,14,18H,2-3,8-11H2,1H3/t12-,14+/m0/s1. The van der Waals surface area contributed by atoms with E-state index in [-0.39, 0.29) is 5.82 Å². The van der Waals surface area contributed by atoms with Crippen LogP contribution in [0.3, 0.4) is 0 Å². The average molecular weight is 251 g/mol. The van der Waals surface area contributed by atoms with Gasteiger partial charge in [0.25, 0.3) is 0 Å². The Bertz CT molecular complexity index is 365. The molecule has 1 aliphatic rings.